The number of carboxylic acid groups (broad SMARTS) is 1. The molecule has 0 aromatic heterocycles. The minimum absolute atomic E-state index is 0.270. The molecule has 0 unspecified atom stereocenters. The molecule has 4 rings (SSSR count). The van der Waals surface area contributed by atoms with E-state index in [4.69, 9.17) is 9.84 Å². The van der Waals surface area contributed by atoms with Gasteiger partial charge in [0.1, 0.15) is 11.6 Å². The van der Waals surface area contributed by atoms with Gasteiger partial charge < -0.3 is 9.84 Å². The van der Waals surface area contributed by atoms with Crippen LogP contribution in [0.1, 0.15) is 11.1 Å². The average Bonchev–Trinajstić information content (AvgIpc) is 2.87. The smallest absolute Gasteiger partial charge is 0.341 e. The lowest BCUT2D eigenvalue weighted by Crippen LogP contribution is -2.09. The zero-order valence-electron chi connectivity index (χ0n) is 18.4. The van der Waals surface area contributed by atoms with E-state index < -0.39 is 5.97 Å². The number of hydrogen-bond donors (Lipinski definition) is 1. The van der Waals surface area contributed by atoms with Crippen molar-refractivity contribution in [2.24, 2.45) is 0 Å². The first-order valence-electron chi connectivity index (χ1n) is 10.8. The summed E-state index contributed by atoms with van der Waals surface area (Å²) in [6.07, 6.45) is 2.10. The first-order valence-corrected chi connectivity index (χ1v) is 11.8. The van der Waals surface area contributed by atoms with Gasteiger partial charge in [0.25, 0.3) is 0 Å². The van der Waals surface area contributed by atoms with Crippen LogP contribution in [0.5, 0.6) is 5.75 Å². The van der Waals surface area contributed by atoms with Gasteiger partial charge in [-0.3, -0.25) is 0 Å². The van der Waals surface area contributed by atoms with Crippen molar-refractivity contribution in [1.29, 1.82) is 0 Å². The van der Waals surface area contributed by atoms with E-state index in [1.54, 1.807) is 36.0 Å². The lowest BCUT2D eigenvalue weighted by Gasteiger charge is -2.11. The fourth-order valence-electron chi connectivity index (χ4n) is 3.53. The van der Waals surface area contributed by atoms with Crippen LogP contribution < -0.4 is 4.74 Å². The molecule has 0 aliphatic heterocycles. The number of carbonyl (C=O) groups is 1. The summed E-state index contributed by atoms with van der Waals surface area (Å²) in [6, 6.07) is 32.4. The van der Waals surface area contributed by atoms with Crippen LogP contribution >= 0.6 is 11.8 Å². The van der Waals surface area contributed by atoms with Crippen LogP contribution in [0.15, 0.2) is 114 Å². The van der Waals surface area contributed by atoms with Crippen LogP contribution in [-0.4, -0.2) is 23.4 Å². The van der Waals surface area contributed by atoms with Crippen molar-refractivity contribution in [3.05, 3.63) is 126 Å². The molecule has 0 bridgehead atoms. The number of thioether (sulfide) groups is 1. The van der Waals surface area contributed by atoms with E-state index in [0.29, 0.717) is 11.5 Å². The quantitative estimate of drug-likeness (QED) is 0.263. The van der Waals surface area contributed by atoms with Gasteiger partial charge in [0.05, 0.1) is 0 Å². The predicted octanol–water partition coefficient (Wildman–Crippen LogP) is 7.18. The second-order valence-corrected chi connectivity index (χ2v) is 8.63. The van der Waals surface area contributed by atoms with E-state index in [9.17, 15) is 9.18 Å². The molecule has 5 heteroatoms. The van der Waals surface area contributed by atoms with E-state index >= 15 is 0 Å². The molecule has 0 amide bonds. The summed E-state index contributed by atoms with van der Waals surface area (Å²) in [5.41, 5.74) is 5.08. The number of rotatable bonds is 9. The highest BCUT2D eigenvalue weighted by atomic mass is 32.2. The Bertz CT molecular complexity index is 1270. The zero-order chi connectivity index (χ0) is 23.8. The van der Waals surface area contributed by atoms with E-state index in [1.807, 2.05) is 36.4 Å². The first kappa shape index (κ1) is 23.3. The standard InChI is InChI=1S/C29H23FO3S/c30-25-8-4-7-24(19-25)28(23-11-9-22(10-12-23)21-5-2-1-3-6-21)17-18-34-27-15-13-26(14-16-27)33-20-29(31)32/h1-17,19H,18,20H2,(H,31,32). The summed E-state index contributed by atoms with van der Waals surface area (Å²) in [5.74, 6) is -0.0813. The monoisotopic (exact) mass is 470 g/mol. The number of hydrogen-bond acceptors (Lipinski definition) is 3. The van der Waals surface area contributed by atoms with Crippen molar-refractivity contribution in [2.45, 2.75) is 4.90 Å². The second-order valence-electron chi connectivity index (χ2n) is 7.54. The van der Waals surface area contributed by atoms with E-state index in [1.165, 1.54) is 6.07 Å². The fourth-order valence-corrected chi connectivity index (χ4v) is 4.30. The molecule has 0 saturated carbocycles. The van der Waals surface area contributed by atoms with Crippen molar-refractivity contribution >= 4 is 23.3 Å². The number of carboxylic acids is 1. The Morgan fingerprint density at radius 2 is 1.53 bits per heavy atom. The molecule has 4 aromatic rings. The Labute approximate surface area is 202 Å². The van der Waals surface area contributed by atoms with Gasteiger partial charge in [-0.15, -0.1) is 11.8 Å². The molecule has 34 heavy (non-hydrogen) atoms. The Kier molecular flexibility index (Phi) is 7.79. The SMILES string of the molecule is O=C(O)COc1ccc(SCC=C(c2ccc(-c3ccccc3)cc2)c2cccc(F)c2)cc1. The van der Waals surface area contributed by atoms with Gasteiger partial charge in [0.2, 0.25) is 0 Å². The second kappa shape index (κ2) is 11.3. The number of ether oxygens (including phenoxy) is 1. The Hall–Kier alpha value is -3.83. The highest BCUT2D eigenvalue weighted by molar-refractivity contribution is 7.99. The van der Waals surface area contributed by atoms with E-state index in [2.05, 4.69) is 42.5 Å². The number of aliphatic carboxylic acids is 1. The van der Waals surface area contributed by atoms with Gasteiger partial charge in [0.15, 0.2) is 6.61 Å². The van der Waals surface area contributed by atoms with Crippen LogP contribution in [0.25, 0.3) is 16.7 Å². The van der Waals surface area contributed by atoms with Crippen LogP contribution in [0, 0.1) is 5.82 Å². The molecule has 170 valence electrons. The molecule has 0 heterocycles. The van der Waals surface area contributed by atoms with Crippen molar-refractivity contribution in [3.63, 3.8) is 0 Å². The topological polar surface area (TPSA) is 46.5 Å². The molecular weight excluding hydrogens is 447 g/mol. The normalized spacial score (nSPS) is 11.3. The molecule has 3 nitrogen and oxygen atoms in total. The van der Waals surface area contributed by atoms with Crippen LogP contribution in [0.4, 0.5) is 4.39 Å². The lowest BCUT2D eigenvalue weighted by molar-refractivity contribution is -0.139. The van der Waals surface area contributed by atoms with Crippen molar-refractivity contribution < 1.29 is 19.0 Å². The molecule has 0 fully saturated rings. The third-order valence-electron chi connectivity index (χ3n) is 5.16. The molecular formula is C29H23FO3S. The largest absolute Gasteiger partial charge is 0.482 e. The Morgan fingerprint density at radius 1 is 0.824 bits per heavy atom. The zero-order valence-corrected chi connectivity index (χ0v) is 19.2. The van der Waals surface area contributed by atoms with Gasteiger partial charge in [-0.2, -0.15) is 0 Å². The average molecular weight is 471 g/mol. The number of halogens is 1. The van der Waals surface area contributed by atoms with Crippen LogP contribution in [0.2, 0.25) is 0 Å². The van der Waals surface area contributed by atoms with Crippen molar-refractivity contribution in [2.75, 3.05) is 12.4 Å². The minimum atomic E-state index is -1.01. The molecule has 0 saturated heterocycles. The van der Waals surface area contributed by atoms with Gasteiger partial charge in [-0.1, -0.05) is 72.8 Å². The Balaban J connectivity index is 1.53. The van der Waals surface area contributed by atoms with E-state index in [0.717, 1.165) is 32.7 Å². The van der Waals surface area contributed by atoms with Crippen molar-refractivity contribution in [1.82, 2.24) is 0 Å². The van der Waals surface area contributed by atoms with Crippen LogP contribution in [-0.2, 0) is 4.79 Å². The third kappa shape index (κ3) is 6.36. The van der Waals surface area contributed by atoms with Gasteiger partial charge in [-0.25, -0.2) is 9.18 Å². The summed E-state index contributed by atoms with van der Waals surface area (Å²) < 4.78 is 19.2. The van der Waals surface area contributed by atoms with E-state index in [-0.39, 0.29) is 12.4 Å². The maximum absolute atomic E-state index is 14.0. The molecule has 4 aromatic carbocycles. The summed E-state index contributed by atoms with van der Waals surface area (Å²) in [5, 5.41) is 8.72. The summed E-state index contributed by atoms with van der Waals surface area (Å²) >= 11 is 1.63. The first-order chi connectivity index (χ1) is 16.6. The predicted molar refractivity (Wildman–Crippen MR) is 136 cm³/mol. The third-order valence-corrected chi connectivity index (χ3v) is 6.10. The molecule has 0 atom stereocenters. The number of benzene rings is 4. The fraction of sp³-hybridized carbons (Fsp3) is 0.0690. The maximum Gasteiger partial charge on any atom is 0.341 e. The van der Waals surface area contributed by atoms with Gasteiger partial charge in [0, 0.05) is 10.6 Å². The van der Waals surface area contributed by atoms with Crippen molar-refractivity contribution in [3.8, 4) is 16.9 Å². The van der Waals surface area contributed by atoms with Gasteiger partial charge >= 0.3 is 5.97 Å². The summed E-state index contributed by atoms with van der Waals surface area (Å²) in [4.78, 5) is 11.7. The highest BCUT2D eigenvalue weighted by Gasteiger charge is 2.08. The summed E-state index contributed by atoms with van der Waals surface area (Å²) in [6.45, 7) is -0.366. The Morgan fingerprint density at radius 3 is 2.21 bits per heavy atom. The lowest BCUT2D eigenvalue weighted by atomic mass is 9.95. The molecule has 0 radical (unpaired) electrons. The molecule has 0 spiro atoms. The summed E-state index contributed by atoms with van der Waals surface area (Å²) in [7, 11) is 0. The maximum atomic E-state index is 14.0. The molecule has 0 aliphatic rings. The molecule has 1 N–H and O–H groups in total. The minimum Gasteiger partial charge on any atom is -0.482 e. The highest BCUT2D eigenvalue weighted by Crippen LogP contribution is 2.29. The molecule has 0 aliphatic carbocycles. The van der Waals surface area contributed by atoms with Gasteiger partial charge in [-0.05, 0) is 64.2 Å². The van der Waals surface area contributed by atoms with Crippen LogP contribution in [0.3, 0.4) is 0 Å².